The first kappa shape index (κ1) is 84.3. The second kappa shape index (κ2) is 36.0. The van der Waals surface area contributed by atoms with Crippen molar-refractivity contribution in [1.29, 1.82) is 0 Å². The molecule has 26 N–H and O–H groups in total. The fraction of sp³-hybridized carbons (Fsp3) is 0.966. The average molecular weight is 1510 g/mol. The van der Waals surface area contributed by atoms with E-state index >= 15 is 0 Å². The van der Waals surface area contributed by atoms with Gasteiger partial charge in [0.05, 0.1) is 58.0 Å². The van der Waals surface area contributed by atoms with Gasteiger partial charge in [0.25, 0.3) is 0 Å². The van der Waals surface area contributed by atoms with E-state index in [1.807, 2.05) is 0 Å². The first-order valence-electron chi connectivity index (χ1n) is 33.2. The van der Waals surface area contributed by atoms with E-state index in [1.54, 1.807) is 0 Å². The lowest BCUT2D eigenvalue weighted by Crippen LogP contribution is -2.72. The van der Waals surface area contributed by atoms with Crippen molar-refractivity contribution in [3.63, 3.8) is 0 Å². The second-order valence-electron chi connectivity index (χ2n) is 26.6. The van der Waals surface area contributed by atoms with Crippen molar-refractivity contribution in [3.8, 4) is 0 Å². The monoisotopic (exact) mass is 1510 g/mol. The molecule has 9 heterocycles. The fourth-order valence-electron chi connectivity index (χ4n) is 13.6. The van der Waals surface area contributed by atoms with E-state index < -0.39 is 328 Å². The maximum absolute atomic E-state index is 13.5. The molecule has 9 aliphatic rings. The van der Waals surface area contributed by atoms with E-state index in [2.05, 4.69) is 10.6 Å². The SMILES string of the molecule is CC(=O)N[C@H]1[C@H](O[C@H]2[C@@H](O)[C@@H](CO)O[C@@H](O[C@H]3[C@H](O[C@@H]4O[C@@H](C)[C@@H](O)[C@@H](O)[C@@H]4O)[C@@H](NC(C)=O)[C@H](O[C@H]4[C@@H](O)[C@@H](CO)O[C@@H](O[C@H]5[C@H](O[C@@H]6O[C@@H](C)[C@@H](O)[C@@H](O)[C@@H]6O)[C@@H](O)C(O)O[C@@H]5CO)[C@@H]4O)O[C@@H]3CO)[C@@H]2O)O[C@H](CO)[C@@H](O[C@@H]2O[C@H](CO)[C@H](O)[C@H](O)[C@H]2O)[C@@H]1O[C@@H]1O[C@@H](C)[C@@H](O)[C@@H](O)[C@@H]1O. The topological polar surface area (TPSA) is 701 Å². The number of carbonyl (C=O) groups is 2. The maximum atomic E-state index is 13.5. The number of ether oxygens (including phenoxy) is 17. The predicted octanol–water partition coefficient (Wildman–Crippen LogP) is -17.3. The highest BCUT2D eigenvalue weighted by atomic mass is 16.8. The van der Waals surface area contributed by atoms with Crippen molar-refractivity contribution in [1.82, 2.24) is 10.6 Å². The lowest BCUT2D eigenvalue weighted by Gasteiger charge is -2.52. The number of rotatable bonds is 24. The predicted molar refractivity (Wildman–Crippen MR) is 316 cm³/mol. The van der Waals surface area contributed by atoms with Crippen LogP contribution < -0.4 is 10.6 Å². The van der Waals surface area contributed by atoms with Gasteiger partial charge in [-0.3, -0.25) is 9.59 Å². The lowest BCUT2D eigenvalue weighted by molar-refractivity contribution is -0.402. The van der Waals surface area contributed by atoms with Crippen LogP contribution in [0.5, 0.6) is 0 Å². The summed E-state index contributed by atoms with van der Waals surface area (Å²) in [6.45, 7) is -1.08. The molecule has 0 saturated carbocycles. The molecule has 9 saturated heterocycles. The highest BCUT2D eigenvalue weighted by Gasteiger charge is 2.62. The summed E-state index contributed by atoms with van der Waals surface area (Å²) < 4.78 is 101. The van der Waals surface area contributed by atoms with Crippen LogP contribution in [0.1, 0.15) is 34.6 Å². The van der Waals surface area contributed by atoms with Gasteiger partial charge in [-0.15, -0.1) is 0 Å². The van der Waals surface area contributed by atoms with E-state index in [0.717, 1.165) is 13.8 Å². The molecule has 0 spiro atoms. The Bertz CT molecular complexity index is 2660. The summed E-state index contributed by atoms with van der Waals surface area (Å²) in [4.78, 5) is 26.8. The first-order chi connectivity index (χ1) is 48.6. The number of aliphatic hydroxyl groups excluding tert-OH is 24. The van der Waals surface area contributed by atoms with Gasteiger partial charge in [0.2, 0.25) is 11.8 Å². The molecule has 9 rings (SSSR count). The van der Waals surface area contributed by atoms with Crippen molar-refractivity contribution in [3.05, 3.63) is 0 Å². The zero-order valence-corrected chi connectivity index (χ0v) is 55.7. The zero-order chi connectivity index (χ0) is 75.8. The highest BCUT2D eigenvalue weighted by molar-refractivity contribution is 5.73. The molecule has 45 atom stereocenters. The molecule has 0 aromatic rings. The molecule has 0 aliphatic carbocycles. The summed E-state index contributed by atoms with van der Waals surface area (Å²) >= 11 is 0. The number of hydrogen-bond donors (Lipinski definition) is 26. The minimum absolute atomic E-state index is 0.929. The smallest absolute Gasteiger partial charge is 0.217 e. The van der Waals surface area contributed by atoms with Gasteiger partial charge < -0.3 is 214 Å². The van der Waals surface area contributed by atoms with Crippen molar-refractivity contribution in [2.45, 2.75) is 311 Å². The zero-order valence-electron chi connectivity index (χ0n) is 55.7. The quantitative estimate of drug-likeness (QED) is 0.0427. The van der Waals surface area contributed by atoms with Crippen LogP contribution in [0, 0.1) is 0 Å². The Morgan fingerprint density at radius 2 is 0.495 bits per heavy atom. The summed E-state index contributed by atoms with van der Waals surface area (Å²) in [5.74, 6) is -1.96. The van der Waals surface area contributed by atoms with E-state index in [-0.39, 0.29) is 0 Å². The third-order valence-corrected chi connectivity index (χ3v) is 19.5. The Kier molecular flexibility index (Phi) is 29.5. The Labute approximate surface area is 584 Å². The summed E-state index contributed by atoms with van der Waals surface area (Å²) in [6.07, 6.45) is -85.9. The van der Waals surface area contributed by atoms with Crippen LogP contribution in [-0.2, 0) is 90.1 Å². The minimum atomic E-state index is -2.46. The van der Waals surface area contributed by atoms with E-state index in [1.165, 1.54) is 20.8 Å². The molecule has 45 nitrogen and oxygen atoms in total. The molecule has 1 unspecified atom stereocenters. The third kappa shape index (κ3) is 17.9. The number of carbonyl (C=O) groups excluding carboxylic acids is 2. The van der Waals surface area contributed by atoms with Crippen LogP contribution in [-0.4, -0.2) is 450 Å². The molecular weight excluding hydrogens is 1410 g/mol. The van der Waals surface area contributed by atoms with Crippen molar-refractivity contribution >= 4 is 11.8 Å². The van der Waals surface area contributed by atoms with Crippen molar-refractivity contribution in [2.75, 3.05) is 39.6 Å². The summed E-state index contributed by atoms with van der Waals surface area (Å²) in [7, 11) is 0. The summed E-state index contributed by atoms with van der Waals surface area (Å²) in [5, 5.41) is 270. The first-order valence-corrected chi connectivity index (χ1v) is 33.2. The third-order valence-electron chi connectivity index (χ3n) is 19.5. The van der Waals surface area contributed by atoms with Crippen LogP contribution in [0.3, 0.4) is 0 Å². The van der Waals surface area contributed by atoms with Crippen LogP contribution in [0.2, 0.25) is 0 Å². The summed E-state index contributed by atoms with van der Waals surface area (Å²) in [6, 6.07) is -3.98. The largest absolute Gasteiger partial charge is 0.394 e. The van der Waals surface area contributed by atoms with Crippen LogP contribution in [0.15, 0.2) is 0 Å². The van der Waals surface area contributed by atoms with E-state index in [9.17, 15) is 132 Å². The van der Waals surface area contributed by atoms with Gasteiger partial charge in [0.1, 0.15) is 201 Å². The van der Waals surface area contributed by atoms with Crippen molar-refractivity contribution in [2.24, 2.45) is 0 Å². The van der Waals surface area contributed by atoms with Gasteiger partial charge in [0.15, 0.2) is 56.6 Å². The average Bonchev–Trinajstić information content (AvgIpc) is 0.764. The number of nitrogens with one attached hydrogen (secondary N) is 2. The summed E-state index contributed by atoms with van der Waals surface area (Å²) in [5.41, 5.74) is 0. The fourth-order valence-corrected chi connectivity index (χ4v) is 13.6. The molecule has 0 aromatic carbocycles. The molecular formula is C58H98N2O43. The number of aliphatic hydroxyl groups is 24. The normalized spacial score (nSPS) is 52.3. The molecule has 2 amide bonds. The highest BCUT2D eigenvalue weighted by Crippen LogP contribution is 2.41. The Hall–Kier alpha value is -2.70. The van der Waals surface area contributed by atoms with Gasteiger partial charge in [-0.1, -0.05) is 0 Å². The van der Waals surface area contributed by atoms with Gasteiger partial charge in [-0.2, -0.15) is 0 Å². The standard InChI is InChI=1S/C58H98N2O43/c1-12-25(69)31(75)35(79)53(87-12)99-45-23(59-15(4)67)51(94-21(10-65)42(45)96-56-38(82)34(78)28(72)17(6-61)91-56)101-47-29(73)18(7-62)92-57(40(47)84)97-43-22(11-66)95-52(24(60-16(5)68)46(43)100-54-36(80)32(76)26(70)13(2)88-54)102-48-30(74)19(8-63)93-58(41(48)85)98-44-20(9-64)90-50(86)39(83)49(44)103-55-37(81)33(77)27(71)14(3)89-55/h12-14,17-58,61-66,69-86H,6-11H2,1-5H3,(H,59,67)(H,60,68)/t12-,13-,14-,17+,18+,19+,20+,21+,22+,23+,24+,25+,26+,27+,28-,29-,30-,31+,32+,33+,34-,35-,36-,37-,38+,39+,40+,41+,42+,43+,44+,45+,46+,47-,48-,49+,50?,51-,52-,53-,54-,55-,56-,57-,58-/m0/s1. The number of amides is 2. The van der Waals surface area contributed by atoms with Gasteiger partial charge >= 0.3 is 0 Å². The molecule has 103 heavy (non-hydrogen) atoms. The van der Waals surface area contributed by atoms with Crippen LogP contribution in [0.4, 0.5) is 0 Å². The Morgan fingerprint density at radius 1 is 0.252 bits per heavy atom. The number of hydrogen-bond acceptors (Lipinski definition) is 43. The maximum Gasteiger partial charge on any atom is 0.217 e. The molecule has 0 aromatic heterocycles. The second-order valence-corrected chi connectivity index (χ2v) is 26.6. The molecule has 0 radical (unpaired) electrons. The minimum Gasteiger partial charge on any atom is -0.394 e. The van der Waals surface area contributed by atoms with E-state index in [0.29, 0.717) is 0 Å². The molecule has 9 aliphatic heterocycles. The van der Waals surface area contributed by atoms with Gasteiger partial charge in [0, 0.05) is 13.8 Å². The van der Waals surface area contributed by atoms with Crippen LogP contribution in [0.25, 0.3) is 0 Å². The van der Waals surface area contributed by atoms with Gasteiger partial charge in [-0.25, -0.2) is 0 Å². The molecule has 0 bridgehead atoms. The lowest BCUT2D eigenvalue weighted by atomic mass is 9.93. The van der Waals surface area contributed by atoms with Crippen LogP contribution >= 0.6 is 0 Å². The Balaban J connectivity index is 1.04. The molecule has 45 heteroatoms. The molecule has 598 valence electrons. The van der Waals surface area contributed by atoms with Crippen molar-refractivity contribution < 1.29 is 213 Å². The Morgan fingerprint density at radius 3 is 0.816 bits per heavy atom. The van der Waals surface area contributed by atoms with E-state index in [4.69, 9.17) is 80.5 Å². The molecule has 9 fully saturated rings. The van der Waals surface area contributed by atoms with Gasteiger partial charge in [-0.05, 0) is 20.8 Å².